The molecule has 0 spiro atoms. The highest BCUT2D eigenvalue weighted by atomic mass is 79.9. The van der Waals surface area contributed by atoms with Crippen molar-refractivity contribution in [3.8, 4) is 5.75 Å². The number of benzene rings is 2. The number of nitrogens with one attached hydrogen (secondary N) is 1. The van der Waals surface area contributed by atoms with Crippen molar-refractivity contribution in [1.82, 2.24) is 5.32 Å². The molecule has 2 aromatic carbocycles. The molecule has 0 aliphatic heterocycles. The topological polar surface area (TPSA) is 38.3 Å². The first kappa shape index (κ1) is 16.3. The van der Waals surface area contributed by atoms with Crippen molar-refractivity contribution in [2.45, 2.75) is 25.0 Å². The molecule has 0 heterocycles. The monoisotopic (exact) mass is 397 g/mol. The zero-order chi connectivity index (χ0) is 16.4. The number of hydrogen-bond donors (Lipinski definition) is 1. The molecule has 1 fully saturated rings. The molecule has 2 aromatic rings. The van der Waals surface area contributed by atoms with Gasteiger partial charge in [0.2, 0.25) is 6.10 Å². The summed E-state index contributed by atoms with van der Waals surface area (Å²) in [6.07, 6.45) is 1.10. The summed E-state index contributed by atoms with van der Waals surface area (Å²) in [5.41, 5.74) is 0.589. The molecule has 0 bridgehead atoms. The largest absolute Gasteiger partial charge is 0.475 e. The van der Waals surface area contributed by atoms with Gasteiger partial charge in [-0.25, -0.2) is 4.39 Å². The Morgan fingerprint density at radius 3 is 2.57 bits per heavy atom. The van der Waals surface area contributed by atoms with Gasteiger partial charge >= 0.3 is 0 Å². The predicted octanol–water partition coefficient (Wildman–Crippen LogP) is 4.64. The number of carbonyl (C=O) groups excluding carboxylic acids is 1. The second kappa shape index (κ2) is 6.89. The predicted molar refractivity (Wildman–Crippen MR) is 90.1 cm³/mol. The first-order valence-corrected chi connectivity index (χ1v) is 8.37. The highest BCUT2D eigenvalue weighted by Crippen LogP contribution is 2.32. The van der Waals surface area contributed by atoms with Crippen molar-refractivity contribution < 1.29 is 13.9 Å². The third-order valence-corrected chi connectivity index (χ3v) is 4.33. The number of rotatable bonds is 5. The Bertz CT molecular complexity index is 719. The summed E-state index contributed by atoms with van der Waals surface area (Å²) < 4.78 is 19.7. The molecule has 0 radical (unpaired) electrons. The Hall–Kier alpha value is -1.59. The van der Waals surface area contributed by atoms with Crippen LogP contribution in [0.15, 0.2) is 46.9 Å². The molecule has 23 heavy (non-hydrogen) atoms. The summed E-state index contributed by atoms with van der Waals surface area (Å²) in [6, 6.07) is 11.0. The van der Waals surface area contributed by atoms with E-state index in [9.17, 15) is 9.18 Å². The minimum Gasteiger partial charge on any atom is -0.475 e. The van der Waals surface area contributed by atoms with Crippen LogP contribution in [0.3, 0.4) is 0 Å². The van der Waals surface area contributed by atoms with Gasteiger partial charge in [-0.2, -0.15) is 0 Å². The van der Waals surface area contributed by atoms with E-state index in [2.05, 4.69) is 21.2 Å². The summed E-state index contributed by atoms with van der Waals surface area (Å²) in [6.45, 7) is 0. The minimum atomic E-state index is -0.853. The van der Waals surface area contributed by atoms with Gasteiger partial charge in [0.25, 0.3) is 5.91 Å². The maximum atomic E-state index is 13.1. The van der Waals surface area contributed by atoms with Gasteiger partial charge in [-0.1, -0.05) is 23.7 Å². The van der Waals surface area contributed by atoms with E-state index in [1.165, 1.54) is 12.1 Å². The second-order valence-corrected chi connectivity index (χ2v) is 6.70. The van der Waals surface area contributed by atoms with Gasteiger partial charge in [-0.3, -0.25) is 4.79 Å². The normalized spacial score (nSPS) is 15.1. The Labute approximate surface area is 146 Å². The molecular weight excluding hydrogens is 385 g/mol. The number of halogens is 3. The molecule has 3 rings (SSSR count). The molecule has 120 valence electrons. The molecular formula is C17H14BrClFNO2. The lowest BCUT2D eigenvalue weighted by Crippen LogP contribution is -2.33. The number of amides is 1. The maximum Gasteiger partial charge on any atom is 0.266 e. The molecule has 1 saturated carbocycles. The zero-order valence-corrected chi connectivity index (χ0v) is 14.4. The van der Waals surface area contributed by atoms with Gasteiger partial charge in [0.15, 0.2) is 0 Å². The first-order valence-electron chi connectivity index (χ1n) is 7.20. The maximum absolute atomic E-state index is 13.1. The van der Waals surface area contributed by atoms with Crippen LogP contribution in [0.1, 0.15) is 24.5 Å². The van der Waals surface area contributed by atoms with Gasteiger partial charge in [0.1, 0.15) is 11.6 Å². The fourth-order valence-electron chi connectivity index (χ4n) is 2.11. The van der Waals surface area contributed by atoms with Gasteiger partial charge in [0.05, 0.1) is 4.47 Å². The van der Waals surface area contributed by atoms with Crippen LogP contribution in [0.25, 0.3) is 0 Å². The van der Waals surface area contributed by atoms with Crippen LogP contribution < -0.4 is 10.1 Å². The van der Waals surface area contributed by atoms with E-state index in [0.29, 0.717) is 20.8 Å². The van der Waals surface area contributed by atoms with Crippen LogP contribution in [-0.2, 0) is 4.79 Å². The fourth-order valence-corrected chi connectivity index (χ4v) is 2.89. The van der Waals surface area contributed by atoms with E-state index in [1.54, 1.807) is 30.3 Å². The quantitative estimate of drug-likeness (QED) is 0.797. The molecule has 6 heteroatoms. The Morgan fingerprint density at radius 2 is 1.96 bits per heavy atom. The van der Waals surface area contributed by atoms with E-state index in [1.807, 2.05) is 0 Å². The SMILES string of the molecule is O=C(NC1CC1)[C@@H](Oc1ccc(Cl)cc1Br)c1ccc(F)cc1. The van der Waals surface area contributed by atoms with E-state index in [-0.39, 0.29) is 17.8 Å². The minimum absolute atomic E-state index is 0.211. The molecule has 1 atom stereocenters. The Morgan fingerprint density at radius 1 is 1.26 bits per heavy atom. The molecule has 1 amide bonds. The lowest BCUT2D eigenvalue weighted by molar-refractivity contribution is -0.128. The smallest absolute Gasteiger partial charge is 0.266 e. The van der Waals surface area contributed by atoms with Crippen molar-refractivity contribution >= 4 is 33.4 Å². The van der Waals surface area contributed by atoms with E-state index in [0.717, 1.165) is 12.8 Å². The third kappa shape index (κ3) is 4.24. The summed E-state index contributed by atoms with van der Waals surface area (Å²) >= 11 is 9.29. The fraction of sp³-hybridized carbons (Fsp3) is 0.235. The Kier molecular flexibility index (Phi) is 4.87. The zero-order valence-electron chi connectivity index (χ0n) is 12.1. The van der Waals surface area contributed by atoms with Crippen LogP contribution in [0.2, 0.25) is 5.02 Å². The first-order chi connectivity index (χ1) is 11.0. The van der Waals surface area contributed by atoms with E-state index >= 15 is 0 Å². The summed E-state index contributed by atoms with van der Waals surface area (Å²) in [7, 11) is 0. The molecule has 1 aliphatic carbocycles. The number of carbonyl (C=O) groups is 1. The highest BCUT2D eigenvalue weighted by molar-refractivity contribution is 9.10. The molecule has 0 saturated heterocycles. The molecule has 0 unspecified atom stereocenters. The van der Waals surface area contributed by atoms with Crippen molar-refractivity contribution in [1.29, 1.82) is 0 Å². The molecule has 1 aliphatic rings. The van der Waals surface area contributed by atoms with Crippen LogP contribution in [0.4, 0.5) is 4.39 Å². The highest BCUT2D eigenvalue weighted by Gasteiger charge is 2.30. The van der Waals surface area contributed by atoms with Crippen LogP contribution in [0.5, 0.6) is 5.75 Å². The summed E-state index contributed by atoms with van der Waals surface area (Å²) in [5.74, 6) is -0.0987. The lowest BCUT2D eigenvalue weighted by Gasteiger charge is -2.20. The van der Waals surface area contributed by atoms with Crippen LogP contribution in [0, 0.1) is 5.82 Å². The average molecular weight is 399 g/mol. The van der Waals surface area contributed by atoms with Crippen molar-refractivity contribution in [2.75, 3.05) is 0 Å². The van der Waals surface area contributed by atoms with Gasteiger partial charge in [-0.15, -0.1) is 0 Å². The Balaban J connectivity index is 1.87. The molecule has 1 N–H and O–H groups in total. The van der Waals surface area contributed by atoms with Crippen LogP contribution >= 0.6 is 27.5 Å². The summed E-state index contributed by atoms with van der Waals surface area (Å²) in [4.78, 5) is 12.5. The number of ether oxygens (including phenoxy) is 1. The third-order valence-electron chi connectivity index (χ3n) is 3.47. The molecule has 3 nitrogen and oxygen atoms in total. The average Bonchev–Trinajstić information content (AvgIpc) is 3.31. The van der Waals surface area contributed by atoms with E-state index < -0.39 is 6.10 Å². The standard InChI is InChI=1S/C17H14BrClFNO2/c18-14-9-11(19)3-8-15(14)23-16(17(22)21-13-6-7-13)10-1-4-12(20)5-2-10/h1-5,8-9,13,16H,6-7H2,(H,21,22)/t16-/m0/s1. The lowest BCUT2D eigenvalue weighted by atomic mass is 10.1. The van der Waals surface area contributed by atoms with Gasteiger partial charge in [0, 0.05) is 16.6 Å². The van der Waals surface area contributed by atoms with Gasteiger partial charge < -0.3 is 10.1 Å². The number of hydrogen-bond acceptors (Lipinski definition) is 2. The summed E-state index contributed by atoms with van der Waals surface area (Å²) in [5, 5.41) is 3.48. The van der Waals surface area contributed by atoms with Crippen molar-refractivity contribution in [2.24, 2.45) is 0 Å². The van der Waals surface area contributed by atoms with E-state index in [4.69, 9.17) is 16.3 Å². The second-order valence-electron chi connectivity index (χ2n) is 5.41. The van der Waals surface area contributed by atoms with Crippen molar-refractivity contribution in [3.05, 3.63) is 63.3 Å². The van der Waals surface area contributed by atoms with Crippen LogP contribution in [-0.4, -0.2) is 11.9 Å². The molecule has 0 aromatic heterocycles. The van der Waals surface area contributed by atoms with Gasteiger partial charge in [-0.05, 0) is 59.1 Å². The van der Waals surface area contributed by atoms with Crippen molar-refractivity contribution in [3.63, 3.8) is 0 Å².